The second-order valence-electron chi connectivity index (χ2n) is 4.70. The van der Waals surface area contributed by atoms with Crippen LogP contribution in [-0.4, -0.2) is 43.9 Å². The van der Waals surface area contributed by atoms with Crippen molar-refractivity contribution in [3.05, 3.63) is 23.9 Å². The molecule has 2 heterocycles. The molecule has 6 heteroatoms. The minimum Gasteiger partial charge on any atom is -0.315 e. The Bertz CT molecular complexity index is 493. The molecule has 1 aliphatic rings. The van der Waals surface area contributed by atoms with Crippen molar-refractivity contribution in [2.45, 2.75) is 30.8 Å². The molecule has 1 aromatic rings. The number of likely N-dealkylation sites (N-methyl/N-ethyl adjacent to an activating group) is 1. The zero-order valence-corrected chi connectivity index (χ0v) is 11.6. The normalized spacial score (nSPS) is 21.2. The third-order valence-corrected chi connectivity index (χ3v) is 5.14. The molecule has 0 aromatic carbocycles. The van der Waals surface area contributed by atoms with Gasteiger partial charge in [0.15, 0.2) is 5.03 Å². The van der Waals surface area contributed by atoms with E-state index in [-0.39, 0.29) is 11.1 Å². The van der Waals surface area contributed by atoms with Crippen LogP contribution < -0.4 is 5.32 Å². The van der Waals surface area contributed by atoms with Gasteiger partial charge in [-0.25, -0.2) is 13.4 Å². The Kier molecular flexibility index (Phi) is 3.99. The van der Waals surface area contributed by atoms with Gasteiger partial charge in [0.25, 0.3) is 10.0 Å². The van der Waals surface area contributed by atoms with E-state index < -0.39 is 10.0 Å². The lowest BCUT2D eigenvalue weighted by atomic mass is 10.1. The van der Waals surface area contributed by atoms with Crippen LogP contribution in [0.1, 0.15) is 18.4 Å². The summed E-state index contributed by atoms with van der Waals surface area (Å²) in [6, 6.07) is 3.36. The molecule has 18 heavy (non-hydrogen) atoms. The predicted molar refractivity (Wildman–Crippen MR) is 69.8 cm³/mol. The SMILES string of the molecule is Cc1ccc(S(=O)(=O)N(C)[C@@H]2CCCNC2)nc1. The molecule has 2 rings (SSSR count). The Balaban J connectivity index is 2.21. The average Bonchev–Trinajstić information content (AvgIpc) is 2.39. The van der Waals surface area contributed by atoms with Gasteiger partial charge >= 0.3 is 0 Å². The molecule has 0 bridgehead atoms. The van der Waals surface area contributed by atoms with Crippen LogP contribution in [0.15, 0.2) is 23.4 Å². The number of hydrogen-bond donors (Lipinski definition) is 1. The highest BCUT2D eigenvalue weighted by Gasteiger charge is 2.29. The first-order valence-electron chi connectivity index (χ1n) is 6.13. The molecule has 0 spiro atoms. The molecule has 0 radical (unpaired) electrons. The number of pyridine rings is 1. The van der Waals surface area contributed by atoms with Crippen molar-refractivity contribution >= 4 is 10.0 Å². The van der Waals surface area contributed by atoms with Crippen LogP contribution in [0.2, 0.25) is 0 Å². The van der Waals surface area contributed by atoms with E-state index in [1.165, 1.54) is 4.31 Å². The van der Waals surface area contributed by atoms with E-state index in [1.54, 1.807) is 25.4 Å². The Morgan fingerprint density at radius 3 is 2.78 bits per heavy atom. The maximum absolute atomic E-state index is 12.4. The third kappa shape index (κ3) is 2.71. The van der Waals surface area contributed by atoms with Crippen molar-refractivity contribution in [1.82, 2.24) is 14.6 Å². The zero-order valence-electron chi connectivity index (χ0n) is 10.8. The summed E-state index contributed by atoms with van der Waals surface area (Å²) in [5, 5.41) is 3.35. The molecule has 1 aliphatic heterocycles. The molecular weight excluding hydrogens is 250 g/mol. The Morgan fingerprint density at radius 1 is 1.44 bits per heavy atom. The lowest BCUT2D eigenvalue weighted by Crippen LogP contribution is -2.46. The van der Waals surface area contributed by atoms with Crippen molar-refractivity contribution in [2.24, 2.45) is 0 Å². The van der Waals surface area contributed by atoms with Gasteiger partial charge in [-0.2, -0.15) is 4.31 Å². The number of sulfonamides is 1. The fourth-order valence-corrected chi connectivity index (χ4v) is 3.39. The number of piperidine rings is 1. The van der Waals surface area contributed by atoms with Crippen LogP contribution in [0.5, 0.6) is 0 Å². The Hall–Kier alpha value is -0.980. The summed E-state index contributed by atoms with van der Waals surface area (Å²) in [6.07, 6.45) is 3.49. The predicted octanol–water partition coefficient (Wildman–Crippen LogP) is 0.763. The topological polar surface area (TPSA) is 62.3 Å². The van der Waals surface area contributed by atoms with E-state index in [1.807, 2.05) is 6.92 Å². The van der Waals surface area contributed by atoms with E-state index in [0.29, 0.717) is 6.54 Å². The lowest BCUT2D eigenvalue weighted by molar-refractivity contribution is 0.299. The first kappa shape index (κ1) is 13.5. The molecule has 1 N–H and O–H groups in total. The van der Waals surface area contributed by atoms with Gasteiger partial charge in [-0.05, 0) is 37.9 Å². The lowest BCUT2D eigenvalue weighted by Gasteiger charge is -2.30. The molecule has 1 saturated heterocycles. The van der Waals surface area contributed by atoms with E-state index >= 15 is 0 Å². The molecule has 1 fully saturated rings. The van der Waals surface area contributed by atoms with Gasteiger partial charge in [0.05, 0.1) is 0 Å². The van der Waals surface area contributed by atoms with Crippen molar-refractivity contribution in [3.8, 4) is 0 Å². The molecule has 0 aliphatic carbocycles. The highest BCUT2D eigenvalue weighted by Crippen LogP contribution is 2.18. The summed E-state index contributed by atoms with van der Waals surface area (Å²) in [4.78, 5) is 4.02. The van der Waals surface area contributed by atoms with Crippen LogP contribution in [0.3, 0.4) is 0 Å². The van der Waals surface area contributed by atoms with Crippen molar-refractivity contribution in [1.29, 1.82) is 0 Å². The second kappa shape index (κ2) is 5.34. The monoisotopic (exact) mass is 269 g/mol. The van der Waals surface area contributed by atoms with Gasteiger partial charge in [-0.1, -0.05) is 6.07 Å². The zero-order chi connectivity index (χ0) is 13.2. The minimum atomic E-state index is -3.47. The summed E-state index contributed by atoms with van der Waals surface area (Å²) >= 11 is 0. The fourth-order valence-electron chi connectivity index (χ4n) is 2.09. The van der Waals surface area contributed by atoms with Gasteiger partial charge in [0.2, 0.25) is 0 Å². The first-order chi connectivity index (χ1) is 8.51. The van der Waals surface area contributed by atoms with Crippen LogP contribution in [-0.2, 0) is 10.0 Å². The van der Waals surface area contributed by atoms with Gasteiger partial charge < -0.3 is 5.32 Å². The maximum Gasteiger partial charge on any atom is 0.260 e. The number of nitrogens with zero attached hydrogens (tertiary/aromatic N) is 2. The molecule has 0 amide bonds. The molecule has 5 nitrogen and oxygen atoms in total. The number of aromatic nitrogens is 1. The molecule has 0 saturated carbocycles. The van der Waals surface area contributed by atoms with E-state index in [0.717, 1.165) is 24.9 Å². The van der Waals surface area contributed by atoms with Gasteiger partial charge in [-0.3, -0.25) is 0 Å². The van der Waals surface area contributed by atoms with Crippen molar-refractivity contribution < 1.29 is 8.42 Å². The van der Waals surface area contributed by atoms with Gasteiger partial charge in [0.1, 0.15) is 0 Å². The van der Waals surface area contributed by atoms with Gasteiger partial charge in [-0.15, -0.1) is 0 Å². The number of hydrogen-bond acceptors (Lipinski definition) is 4. The Labute approximate surface area is 108 Å². The maximum atomic E-state index is 12.4. The smallest absolute Gasteiger partial charge is 0.260 e. The summed E-state index contributed by atoms with van der Waals surface area (Å²) in [5.74, 6) is 0. The van der Waals surface area contributed by atoms with E-state index in [2.05, 4.69) is 10.3 Å². The summed E-state index contributed by atoms with van der Waals surface area (Å²) in [7, 11) is -1.84. The highest BCUT2D eigenvalue weighted by molar-refractivity contribution is 7.89. The second-order valence-corrected chi connectivity index (χ2v) is 6.64. The molecule has 0 unspecified atom stereocenters. The highest BCUT2D eigenvalue weighted by atomic mass is 32.2. The van der Waals surface area contributed by atoms with E-state index in [9.17, 15) is 8.42 Å². The quantitative estimate of drug-likeness (QED) is 0.880. The van der Waals surface area contributed by atoms with Crippen LogP contribution in [0, 0.1) is 6.92 Å². The standard InChI is InChI=1S/C12H19N3O2S/c1-10-5-6-12(14-8-10)18(16,17)15(2)11-4-3-7-13-9-11/h5-6,8,11,13H,3-4,7,9H2,1-2H3/t11-/m1/s1. The minimum absolute atomic E-state index is 0.0202. The summed E-state index contributed by atoms with van der Waals surface area (Å²) < 4.78 is 26.2. The first-order valence-corrected chi connectivity index (χ1v) is 7.57. The van der Waals surface area contributed by atoms with Crippen molar-refractivity contribution in [3.63, 3.8) is 0 Å². The Morgan fingerprint density at radius 2 is 2.22 bits per heavy atom. The fraction of sp³-hybridized carbons (Fsp3) is 0.583. The van der Waals surface area contributed by atoms with Crippen LogP contribution in [0.4, 0.5) is 0 Å². The molecular formula is C12H19N3O2S. The average molecular weight is 269 g/mol. The number of aryl methyl sites for hydroxylation is 1. The van der Waals surface area contributed by atoms with Crippen LogP contribution >= 0.6 is 0 Å². The summed E-state index contributed by atoms with van der Waals surface area (Å²) in [6.45, 7) is 3.56. The molecule has 1 aromatic heterocycles. The number of rotatable bonds is 3. The number of nitrogens with one attached hydrogen (secondary N) is 1. The van der Waals surface area contributed by atoms with Crippen molar-refractivity contribution in [2.75, 3.05) is 20.1 Å². The van der Waals surface area contributed by atoms with Gasteiger partial charge in [0, 0.05) is 25.8 Å². The molecule has 1 atom stereocenters. The summed E-state index contributed by atoms with van der Waals surface area (Å²) in [5.41, 5.74) is 0.955. The van der Waals surface area contributed by atoms with E-state index in [4.69, 9.17) is 0 Å². The van der Waals surface area contributed by atoms with Crippen LogP contribution in [0.25, 0.3) is 0 Å². The largest absolute Gasteiger partial charge is 0.315 e. The molecule has 100 valence electrons. The third-order valence-electron chi connectivity index (χ3n) is 3.31.